The molecule has 3 N–H and O–H groups in total. The number of rotatable bonds is 12. The number of carbonyl (C=O) groups is 2. The van der Waals surface area contributed by atoms with Crippen molar-refractivity contribution in [1.29, 1.82) is 0 Å². The van der Waals surface area contributed by atoms with Gasteiger partial charge in [-0.1, -0.05) is 43.2 Å². The standard InChI is InChI=1S/C30H37NO6S/c1-3-6-19(13-20-7-4-8-22(33)14-20)10-11-26(34)27-21(18-37-2)15-24-28(25(27)17-32)30(36)31(29(24)35)16-23-9-5-12-38-23/h4-5,7-9,12-14,24-26,28,32-34H,3,6,10-11,15-18H2,1-2H3/b19-13+/t24-,25+,26-,28-/m1/s1. The van der Waals surface area contributed by atoms with Gasteiger partial charge in [0.2, 0.25) is 11.8 Å². The molecule has 0 radical (unpaired) electrons. The van der Waals surface area contributed by atoms with Crippen LogP contribution in [0.1, 0.15) is 49.5 Å². The van der Waals surface area contributed by atoms with Gasteiger partial charge in [0, 0.05) is 17.9 Å². The Balaban J connectivity index is 1.57. The normalized spacial score (nSPS) is 22.8. The first-order valence-corrected chi connectivity index (χ1v) is 14.1. The number of hydrogen-bond acceptors (Lipinski definition) is 7. The number of ether oxygens (including phenoxy) is 1. The molecule has 1 aromatic carbocycles. The molecule has 0 spiro atoms. The summed E-state index contributed by atoms with van der Waals surface area (Å²) < 4.78 is 5.44. The van der Waals surface area contributed by atoms with Gasteiger partial charge < -0.3 is 20.1 Å². The number of benzene rings is 1. The monoisotopic (exact) mass is 539 g/mol. The predicted octanol–water partition coefficient (Wildman–Crippen LogP) is 4.53. The second-order valence-electron chi connectivity index (χ2n) is 10.2. The van der Waals surface area contributed by atoms with Crippen molar-refractivity contribution >= 4 is 29.2 Å². The lowest BCUT2D eigenvalue weighted by Gasteiger charge is -2.36. The van der Waals surface area contributed by atoms with Gasteiger partial charge in [-0.3, -0.25) is 14.5 Å². The third-order valence-corrected chi connectivity index (χ3v) is 8.46. The van der Waals surface area contributed by atoms with Crippen LogP contribution in [0.2, 0.25) is 0 Å². The van der Waals surface area contributed by atoms with E-state index < -0.39 is 23.9 Å². The van der Waals surface area contributed by atoms with Crippen molar-refractivity contribution in [2.24, 2.45) is 17.8 Å². The Morgan fingerprint density at radius 2 is 2.03 bits per heavy atom. The molecule has 2 aliphatic rings. The molecule has 1 saturated heterocycles. The van der Waals surface area contributed by atoms with Crippen molar-refractivity contribution in [1.82, 2.24) is 4.90 Å². The maximum Gasteiger partial charge on any atom is 0.234 e. The van der Waals surface area contributed by atoms with E-state index in [-0.39, 0.29) is 37.3 Å². The quantitative estimate of drug-likeness (QED) is 0.270. The number of aliphatic hydroxyl groups is 2. The van der Waals surface area contributed by atoms with E-state index >= 15 is 0 Å². The zero-order valence-electron chi connectivity index (χ0n) is 22.0. The molecule has 0 bridgehead atoms. The number of amides is 2. The van der Waals surface area contributed by atoms with Gasteiger partial charge in [0.1, 0.15) is 5.75 Å². The fourth-order valence-corrected chi connectivity index (χ4v) is 6.66. The van der Waals surface area contributed by atoms with Crippen LogP contribution in [-0.4, -0.2) is 58.5 Å². The number of allylic oxidation sites excluding steroid dienone is 1. The summed E-state index contributed by atoms with van der Waals surface area (Å²) in [6.45, 7) is 2.24. The Hall–Kier alpha value is -2.78. The molecule has 7 nitrogen and oxygen atoms in total. The van der Waals surface area contributed by atoms with Crippen LogP contribution in [0.4, 0.5) is 0 Å². The van der Waals surface area contributed by atoms with Gasteiger partial charge in [0.15, 0.2) is 0 Å². The fourth-order valence-electron chi connectivity index (χ4n) is 5.96. The summed E-state index contributed by atoms with van der Waals surface area (Å²) in [5.74, 6) is -2.16. The molecule has 38 heavy (non-hydrogen) atoms. The molecule has 1 fully saturated rings. The lowest BCUT2D eigenvalue weighted by molar-refractivity contribution is -0.140. The number of aromatic hydroxyl groups is 1. The number of aliphatic hydroxyl groups excluding tert-OH is 2. The first kappa shape index (κ1) is 28.2. The van der Waals surface area contributed by atoms with E-state index in [0.29, 0.717) is 24.8 Å². The highest BCUT2D eigenvalue weighted by atomic mass is 32.1. The van der Waals surface area contributed by atoms with Crippen LogP contribution < -0.4 is 0 Å². The largest absolute Gasteiger partial charge is 0.508 e. The van der Waals surface area contributed by atoms with E-state index in [1.807, 2.05) is 29.7 Å². The maximum atomic E-state index is 13.5. The number of likely N-dealkylation sites (tertiary alicyclic amines) is 1. The Morgan fingerprint density at radius 1 is 1.21 bits per heavy atom. The average molecular weight is 540 g/mol. The molecular weight excluding hydrogens is 502 g/mol. The van der Waals surface area contributed by atoms with E-state index in [1.54, 1.807) is 25.3 Å². The number of phenols is 1. The molecule has 2 aromatic rings. The molecule has 2 heterocycles. The number of imide groups is 1. The Labute approximate surface area is 228 Å². The minimum absolute atomic E-state index is 0.204. The van der Waals surface area contributed by atoms with Crippen molar-refractivity contribution in [3.63, 3.8) is 0 Å². The zero-order chi connectivity index (χ0) is 27.2. The van der Waals surface area contributed by atoms with Crippen molar-refractivity contribution in [3.8, 4) is 5.75 Å². The Morgan fingerprint density at radius 3 is 2.68 bits per heavy atom. The highest BCUT2D eigenvalue weighted by Crippen LogP contribution is 2.46. The van der Waals surface area contributed by atoms with Crippen LogP contribution in [0, 0.1) is 17.8 Å². The number of nitrogens with zero attached hydrogens (tertiary/aromatic N) is 1. The number of thiophene rings is 1. The number of hydrogen-bond donors (Lipinski definition) is 3. The van der Waals surface area contributed by atoms with Crippen LogP contribution in [0.25, 0.3) is 6.08 Å². The van der Waals surface area contributed by atoms with Gasteiger partial charge in [-0.2, -0.15) is 0 Å². The molecule has 8 heteroatoms. The van der Waals surface area contributed by atoms with Gasteiger partial charge >= 0.3 is 0 Å². The zero-order valence-corrected chi connectivity index (χ0v) is 22.8. The van der Waals surface area contributed by atoms with Gasteiger partial charge in [-0.05, 0) is 66.0 Å². The van der Waals surface area contributed by atoms with Crippen molar-refractivity contribution in [3.05, 3.63) is 68.9 Å². The Kier molecular flexibility index (Phi) is 9.54. The molecule has 0 unspecified atom stereocenters. The molecule has 0 saturated carbocycles. The van der Waals surface area contributed by atoms with E-state index in [1.165, 1.54) is 16.2 Å². The van der Waals surface area contributed by atoms with Crippen LogP contribution in [-0.2, 0) is 20.9 Å². The van der Waals surface area contributed by atoms with E-state index in [0.717, 1.165) is 34.4 Å². The lowest BCUT2D eigenvalue weighted by Crippen LogP contribution is -2.39. The summed E-state index contributed by atoms with van der Waals surface area (Å²) in [7, 11) is 1.57. The van der Waals surface area contributed by atoms with Crippen molar-refractivity contribution in [2.75, 3.05) is 20.3 Å². The van der Waals surface area contributed by atoms with E-state index in [2.05, 4.69) is 6.92 Å². The highest BCUT2D eigenvalue weighted by molar-refractivity contribution is 7.09. The number of phenolic OH excluding ortho intramolecular Hbond substituents is 1. The molecule has 2 amide bonds. The molecule has 1 aliphatic heterocycles. The molecule has 4 atom stereocenters. The van der Waals surface area contributed by atoms with E-state index in [9.17, 15) is 24.9 Å². The number of fused-ring (bicyclic) bond motifs is 1. The first-order valence-electron chi connectivity index (χ1n) is 13.2. The fraction of sp³-hybridized carbons (Fsp3) is 0.467. The van der Waals surface area contributed by atoms with Gasteiger partial charge in [0.05, 0.1) is 37.7 Å². The second-order valence-corrected chi connectivity index (χ2v) is 11.2. The number of carbonyl (C=O) groups excluding carboxylic acids is 2. The summed E-state index contributed by atoms with van der Waals surface area (Å²) in [5, 5.41) is 33.7. The number of methoxy groups -OCH3 is 1. The minimum atomic E-state index is -0.878. The molecule has 1 aromatic heterocycles. The summed E-state index contributed by atoms with van der Waals surface area (Å²) in [6, 6.07) is 10.9. The first-order chi connectivity index (χ1) is 18.4. The minimum Gasteiger partial charge on any atom is -0.508 e. The van der Waals surface area contributed by atoms with Crippen molar-refractivity contribution in [2.45, 2.75) is 51.7 Å². The second kappa shape index (κ2) is 12.8. The molecular formula is C30H37NO6S. The van der Waals surface area contributed by atoms with Crippen molar-refractivity contribution < 1.29 is 29.6 Å². The summed E-state index contributed by atoms with van der Waals surface area (Å²) in [4.78, 5) is 29.1. The average Bonchev–Trinajstić information content (AvgIpc) is 3.49. The van der Waals surface area contributed by atoms with Gasteiger partial charge in [-0.15, -0.1) is 11.3 Å². The maximum absolute atomic E-state index is 13.5. The molecule has 1 aliphatic carbocycles. The van der Waals surface area contributed by atoms with E-state index in [4.69, 9.17) is 4.74 Å². The van der Waals surface area contributed by atoms with Crippen LogP contribution in [0.3, 0.4) is 0 Å². The topological polar surface area (TPSA) is 107 Å². The van der Waals surface area contributed by atoms with Crippen LogP contribution in [0.5, 0.6) is 5.75 Å². The summed E-state index contributed by atoms with van der Waals surface area (Å²) in [5.41, 5.74) is 3.49. The summed E-state index contributed by atoms with van der Waals surface area (Å²) in [6.07, 6.45) is 4.34. The smallest absolute Gasteiger partial charge is 0.234 e. The highest BCUT2D eigenvalue weighted by Gasteiger charge is 2.54. The third-order valence-electron chi connectivity index (χ3n) is 7.59. The predicted molar refractivity (Wildman–Crippen MR) is 147 cm³/mol. The SMILES string of the molecule is CCC/C(=C\c1cccc(O)c1)CC[C@@H](O)C1=C(COC)C[C@H]2C(=O)N(Cc3cccs3)C(=O)[C@H]2[C@H]1CO. The summed E-state index contributed by atoms with van der Waals surface area (Å²) >= 11 is 1.50. The third kappa shape index (κ3) is 6.10. The van der Waals surface area contributed by atoms with Gasteiger partial charge in [-0.25, -0.2) is 0 Å². The lowest BCUT2D eigenvalue weighted by atomic mass is 9.68. The van der Waals surface area contributed by atoms with Gasteiger partial charge in [0.25, 0.3) is 0 Å². The molecule has 204 valence electrons. The van der Waals surface area contributed by atoms with Crippen LogP contribution in [0.15, 0.2) is 58.5 Å². The Bertz CT molecular complexity index is 1190. The molecule has 4 rings (SSSR count). The van der Waals surface area contributed by atoms with Crippen LogP contribution >= 0.6 is 11.3 Å².